The minimum Gasteiger partial charge on any atom is -0.480 e. The molecule has 2 aromatic rings. The Morgan fingerprint density at radius 1 is 1.26 bits per heavy atom. The zero-order chi connectivity index (χ0) is 20.0. The van der Waals surface area contributed by atoms with Crippen LogP contribution in [0, 0.1) is 17.0 Å². The van der Waals surface area contributed by atoms with Gasteiger partial charge in [-0.1, -0.05) is 29.8 Å². The molecule has 0 radical (unpaired) electrons. The van der Waals surface area contributed by atoms with Crippen molar-refractivity contribution in [2.45, 2.75) is 20.0 Å². The van der Waals surface area contributed by atoms with E-state index in [4.69, 9.17) is 21.1 Å². The van der Waals surface area contributed by atoms with E-state index in [0.29, 0.717) is 10.8 Å². The standard InChI is InChI=1S/C18H17ClN2O6/c1-11-7-8-13(19)16(9-11)26-10-17(22)27-12(2)18(23)20-14-5-3-4-6-15(14)21(24)25/h3-9,12H,10H2,1-2H3,(H,20,23)/t12-/m1/s1. The highest BCUT2D eigenvalue weighted by Gasteiger charge is 2.22. The van der Waals surface area contributed by atoms with Crippen LogP contribution in [0.2, 0.25) is 5.02 Å². The molecule has 0 bridgehead atoms. The second-order valence-corrected chi connectivity index (χ2v) is 6.03. The van der Waals surface area contributed by atoms with Crippen LogP contribution in [0.25, 0.3) is 0 Å². The zero-order valence-corrected chi connectivity index (χ0v) is 15.4. The van der Waals surface area contributed by atoms with Gasteiger partial charge in [0.05, 0.1) is 9.95 Å². The number of benzene rings is 2. The molecule has 0 saturated heterocycles. The summed E-state index contributed by atoms with van der Waals surface area (Å²) < 4.78 is 10.3. The topological polar surface area (TPSA) is 108 Å². The molecule has 0 aromatic heterocycles. The number of carbonyl (C=O) groups excluding carboxylic acids is 2. The molecule has 2 aromatic carbocycles. The van der Waals surface area contributed by atoms with E-state index in [-0.39, 0.29) is 11.4 Å². The van der Waals surface area contributed by atoms with Gasteiger partial charge in [0.15, 0.2) is 12.7 Å². The van der Waals surface area contributed by atoms with Gasteiger partial charge >= 0.3 is 5.97 Å². The molecule has 1 amide bonds. The van der Waals surface area contributed by atoms with Crippen LogP contribution in [0.5, 0.6) is 5.75 Å². The van der Waals surface area contributed by atoms with E-state index in [0.717, 1.165) is 5.56 Å². The summed E-state index contributed by atoms with van der Waals surface area (Å²) >= 11 is 5.97. The van der Waals surface area contributed by atoms with Crippen molar-refractivity contribution in [1.82, 2.24) is 0 Å². The lowest BCUT2D eigenvalue weighted by atomic mass is 10.2. The second-order valence-electron chi connectivity index (χ2n) is 5.62. The van der Waals surface area contributed by atoms with Gasteiger partial charge in [-0.25, -0.2) is 4.79 Å². The van der Waals surface area contributed by atoms with Crippen molar-refractivity contribution in [3.05, 3.63) is 63.2 Å². The summed E-state index contributed by atoms with van der Waals surface area (Å²) in [6.45, 7) is 2.75. The Kier molecular flexibility index (Phi) is 6.73. The molecule has 0 unspecified atom stereocenters. The predicted molar refractivity (Wildman–Crippen MR) is 99.0 cm³/mol. The van der Waals surface area contributed by atoms with Crippen LogP contribution in [0.4, 0.5) is 11.4 Å². The highest BCUT2D eigenvalue weighted by molar-refractivity contribution is 6.32. The number of halogens is 1. The third-order valence-corrected chi connectivity index (χ3v) is 3.78. The Hall–Kier alpha value is -3.13. The maximum atomic E-state index is 12.1. The van der Waals surface area contributed by atoms with Crippen LogP contribution < -0.4 is 10.1 Å². The molecule has 1 N–H and O–H groups in total. The Labute approximate surface area is 160 Å². The van der Waals surface area contributed by atoms with E-state index in [1.54, 1.807) is 24.3 Å². The first-order valence-electron chi connectivity index (χ1n) is 7.90. The van der Waals surface area contributed by atoms with E-state index >= 15 is 0 Å². The molecule has 0 fully saturated rings. The molecule has 2 rings (SSSR count). The molecule has 0 aliphatic carbocycles. The molecule has 0 heterocycles. The number of aryl methyl sites for hydroxylation is 1. The van der Waals surface area contributed by atoms with Crippen molar-refractivity contribution in [1.29, 1.82) is 0 Å². The number of nitrogens with one attached hydrogen (secondary N) is 1. The van der Waals surface area contributed by atoms with Gasteiger partial charge in [0.1, 0.15) is 11.4 Å². The first-order chi connectivity index (χ1) is 12.8. The molecule has 0 saturated carbocycles. The fourth-order valence-corrected chi connectivity index (χ4v) is 2.29. The van der Waals surface area contributed by atoms with E-state index in [9.17, 15) is 19.7 Å². The van der Waals surface area contributed by atoms with Crippen molar-refractivity contribution in [3.63, 3.8) is 0 Å². The first-order valence-corrected chi connectivity index (χ1v) is 8.28. The third-order valence-electron chi connectivity index (χ3n) is 3.47. The van der Waals surface area contributed by atoms with Gasteiger partial charge in [0.25, 0.3) is 11.6 Å². The van der Waals surface area contributed by atoms with Crippen LogP contribution >= 0.6 is 11.6 Å². The number of rotatable bonds is 7. The molecule has 0 spiro atoms. The number of nitro benzene ring substituents is 1. The number of para-hydroxylation sites is 2. The van der Waals surface area contributed by atoms with Gasteiger partial charge in [0.2, 0.25) is 0 Å². The van der Waals surface area contributed by atoms with Gasteiger partial charge < -0.3 is 14.8 Å². The molecule has 8 nitrogen and oxygen atoms in total. The number of nitro groups is 1. The van der Waals surface area contributed by atoms with Crippen LogP contribution in [0.15, 0.2) is 42.5 Å². The lowest BCUT2D eigenvalue weighted by Gasteiger charge is -2.14. The Balaban J connectivity index is 1.91. The number of amides is 1. The van der Waals surface area contributed by atoms with Crippen LogP contribution in [-0.4, -0.2) is 29.5 Å². The van der Waals surface area contributed by atoms with Gasteiger partial charge in [-0.3, -0.25) is 14.9 Å². The minimum atomic E-state index is -1.17. The Bertz CT molecular complexity index is 871. The summed E-state index contributed by atoms with van der Waals surface area (Å²) in [6.07, 6.45) is -1.17. The van der Waals surface area contributed by atoms with E-state index in [1.165, 1.54) is 25.1 Å². The predicted octanol–water partition coefficient (Wildman–Crippen LogP) is 3.51. The van der Waals surface area contributed by atoms with E-state index in [2.05, 4.69) is 5.32 Å². The van der Waals surface area contributed by atoms with Gasteiger partial charge in [-0.15, -0.1) is 0 Å². The maximum absolute atomic E-state index is 12.1. The van der Waals surface area contributed by atoms with Crippen molar-refractivity contribution in [3.8, 4) is 5.75 Å². The van der Waals surface area contributed by atoms with Crippen molar-refractivity contribution >= 4 is 34.9 Å². The number of hydrogen-bond acceptors (Lipinski definition) is 6. The quantitative estimate of drug-likeness (QED) is 0.439. The lowest BCUT2D eigenvalue weighted by Crippen LogP contribution is -2.31. The van der Waals surface area contributed by atoms with Crippen LogP contribution in [0.3, 0.4) is 0 Å². The smallest absolute Gasteiger partial charge is 0.344 e. The Morgan fingerprint density at radius 2 is 1.96 bits per heavy atom. The molecule has 27 heavy (non-hydrogen) atoms. The summed E-state index contributed by atoms with van der Waals surface area (Å²) in [6, 6.07) is 10.8. The third kappa shape index (κ3) is 5.68. The molecule has 0 aliphatic rings. The molecular formula is C18H17ClN2O6. The highest BCUT2D eigenvalue weighted by atomic mass is 35.5. The van der Waals surface area contributed by atoms with Crippen molar-refractivity contribution < 1.29 is 24.0 Å². The van der Waals surface area contributed by atoms with E-state index < -0.39 is 29.5 Å². The average molecular weight is 393 g/mol. The molecule has 142 valence electrons. The SMILES string of the molecule is Cc1ccc(Cl)c(OCC(=O)O[C@H](C)C(=O)Nc2ccccc2[N+](=O)[O-])c1. The number of anilines is 1. The van der Waals surface area contributed by atoms with Gasteiger partial charge in [0, 0.05) is 6.07 Å². The number of hydrogen-bond donors (Lipinski definition) is 1. The highest BCUT2D eigenvalue weighted by Crippen LogP contribution is 2.25. The number of carbonyl (C=O) groups is 2. The molecular weight excluding hydrogens is 376 g/mol. The van der Waals surface area contributed by atoms with E-state index in [1.807, 2.05) is 6.92 Å². The number of nitrogens with zero attached hydrogens (tertiary/aromatic N) is 1. The monoisotopic (exact) mass is 392 g/mol. The van der Waals surface area contributed by atoms with Crippen molar-refractivity contribution in [2.24, 2.45) is 0 Å². The molecule has 9 heteroatoms. The van der Waals surface area contributed by atoms with Crippen LogP contribution in [-0.2, 0) is 14.3 Å². The van der Waals surface area contributed by atoms with Crippen molar-refractivity contribution in [2.75, 3.05) is 11.9 Å². The molecule has 0 aliphatic heterocycles. The zero-order valence-electron chi connectivity index (χ0n) is 14.6. The number of ether oxygens (including phenoxy) is 2. The second kappa shape index (κ2) is 9.00. The van der Waals surface area contributed by atoms with Gasteiger partial charge in [-0.05, 0) is 37.6 Å². The maximum Gasteiger partial charge on any atom is 0.344 e. The normalized spacial score (nSPS) is 11.4. The summed E-state index contributed by atoms with van der Waals surface area (Å²) in [4.78, 5) is 34.3. The summed E-state index contributed by atoms with van der Waals surface area (Å²) in [5.74, 6) is -1.16. The summed E-state index contributed by atoms with van der Waals surface area (Å²) in [5, 5.41) is 13.7. The largest absolute Gasteiger partial charge is 0.480 e. The minimum absolute atomic E-state index is 0.0122. The Morgan fingerprint density at radius 3 is 2.67 bits per heavy atom. The van der Waals surface area contributed by atoms with Crippen LogP contribution in [0.1, 0.15) is 12.5 Å². The summed E-state index contributed by atoms with van der Waals surface area (Å²) in [7, 11) is 0. The first kappa shape index (κ1) is 20.2. The summed E-state index contributed by atoms with van der Waals surface area (Å²) in [5.41, 5.74) is 0.653. The van der Waals surface area contributed by atoms with Gasteiger partial charge in [-0.2, -0.15) is 0 Å². The fourth-order valence-electron chi connectivity index (χ4n) is 2.12. The lowest BCUT2D eigenvalue weighted by molar-refractivity contribution is -0.383. The molecule has 1 atom stereocenters. The number of esters is 1. The fraction of sp³-hybridized carbons (Fsp3) is 0.222. The average Bonchev–Trinajstić information content (AvgIpc) is 2.62.